The van der Waals surface area contributed by atoms with Gasteiger partial charge in [0.15, 0.2) is 0 Å². The smallest absolute Gasteiger partial charge is 0.306 e. The molecule has 0 aromatic carbocycles. The number of fused-ring (bicyclic) bond motifs is 2. The first kappa shape index (κ1) is 14.9. The van der Waals surface area contributed by atoms with Crippen molar-refractivity contribution >= 4 is 11.9 Å². The molecule has 5 unspecified atom stereocenters. The molecule has 3 rings (SSSR count). The minimum absolute atomic E-state index is 0.0910. The molecule has 3 aliphatic carbocycles. The van der Waals surface area contributed by atoms with Crippen molar-refractivity contribution in [1.29, 1.82) is 0 Å². The Morgan fingerprint density at radius 3 is 2.19 bits per heavy atom. The van der Waals surface area contributed by atoms with Crippen molar-refractivity contribution in [1.82, 2.24) is 5.32 Å². The van der Waals surface area contributed by atoms with Gasteiger partial charge in [-0.2, -0.15) is 0 Å². The van der Waals surface area contributed by atoms with Gasteiger partial charge in [0.25, 0.3) is 0 Å². The van der Waals surface area contributed by atoms with E-state index in [9.17, 15) is 9.59 Å². The molecule has 3 aliphatic rings. The van der Waals surface area contributed by atoms with Gasteiger partial charge < -0.3 is 10.4 Å². The molecular weight excluding hydrogens is 266 g/mol. The van der Waals surface area contributed by atoms with Gasteiger partial charge in [-0.3, -0.25) is 9.59 Å². The highest BCUT2D eigenvalue weighted by Crippen LogP contribution is 2.65. The Balaban J connectivity index is 1.64. The first-order valence-corrected chi connectivity index (χ1v) is 8.29. The third kappa shape index (κ3) is 2.09. The standard InChI is InChI=1S/C17H27NO3/c1-16(2)12-6-7-17(16,3)13(9-12)18-14(19)10-4-5-11(8-10)15(20)21/h10-13H,4-9H2,1-3H3,(H,18,19)(H,20,21). The zero-order valence-corrected chi connectivity index (χ0v) is 13.3. The number of carbonyl (C=O) groups is 2. The first-order chi connectivity index (χ1) is 9.75. The Bertz CT molecular complexity index is 473. The van der Waals surface area contributed by atoms with Crippen molar-refractivity contribution in [2.24, 2.45) is 28.6 Å². The summed E-state index contributed by atoms with van der Waals surface area (Å²) in [6.45, 7) is 7.00. The Labute approximate surface area is 126 Å². The molecule has 3 fully saturated rings. The summed E-state index contributed by atoms with van der Waals surface area (Å²) in [7, 11) is 0. The molecule has 0 aliphatic heterocycles. The topological polar surface area (TPSA) is 66.4 Å². The molecule has 0 saturated heterocycles. The van der Waals surface area contributed by atoms with Gasteiger partial charge in [0.1, 0.15) is 0 Å². The molecule has 0 radical (unpaired) electrons. The quantitative estimate of drug-likeness (QED) is 0.841. The van der Waals surface area contributed by atoms with E-state index in [-0.39, 0.29) is 29.2 Å². The fourth-order valence-corrected chi connectivity index (χ4v) is 5.16. The number of hydrogen-bond donors (Lipinski definition) is 2. The molecule has 2 N–H and O–H groups in total. The predicted molar refractivity (Wildman–Crippen MR) is 79.6 cm³/mol. The van der Waals surface area contributed by atoms with Crippen LogP contribution in [0.1, 0.15) is 59.3 Å². The summed E-state index contributed by atoms with van der Waals surface area (Å²) in [6.07, 6.45) is 5.43. The van der Waals surface area contributed by atoms with E-state index in [4.69, 9.17) is 5.11 Å². The zero-order valence-electron chi connectivity index (χ0n) is 13.3. The van der Waals surface area contributed by atoms with Crippen molar-refractivity contribution in [3.63, 3.8) is 0 Å². The number of aliphatic carboxylic acids is 1. The van der Waals surface area contributed by atoms with Gasteiger partial charge in [-0.15, -0.1) is 0 Å². The molecule has 2 bridgehead atoms. The van der Waals surface area contributed by atoms with Gasteiger partial charge in [0.05, 0.1) is 5.92 Å². The maximum atomic E-state index is 12.5. The van der Waals surface area contributed by atoms with Crippen LogP contribution in [0.5, 0.6) is 0 Å². The summed E-state index contributed by atoms with van der Waals surface area (Å²) in [5.41, 5.74) is 0.488. The SMILES string of the molecule is CC1(C)C2CCC1(C)C(NC(=O)C1CCC(C(=O)O)C1)C2. The number of carboxylic acids is 1. The van der Waals surface area contributed by atoms with Gasteiger partial charge in [-0.1, -0.05) is 20.8 Å². The number of carbonyl (C=O) groups excluding carboxylic acids is 1. The van der Waals surface area contributed by atoms with E-state index >= 15 is 0 Å². The van der Waals surface area contributed by atoms with Gasteiger partial charge in [0, 0.05) is 12.0 Å². The van der Waals surface area contributed by atoms with Crippen LogP contribution >= 0.6 is 0 Å². The lowest BCUT2D eigenvalue weighted by molar-refractivity contribution is -0.141. The highest BCUT2D eigenvalue weighted by molar-refractivity contribution is 5.81. The monoisotopic (exact) mass is 293 g/mol. The Morgan fingerprint density at radius 2 is 1.71 bits per heavy atom. The molecule has 4 heteroatoms. The van der Waals surface area contributed by atoms with E-state index in [1.165, 1.54) is 12.8 Å². The van der Waals surface area contributed by atoms with Gasteiger partial charge in [0.2, 0.25) is 5.91 Å². The van der Waals surface area contributed by atoms with Crippen molar-refractivity contribution in [2.45, 2.75) is 65.3 Å². The third-order valence-electron chi connectivity index (χ3n) is 7.26. The molecule has 0 aromatic heterocycles. The predicted octanol–water partition coefficient (Wildman–Crippen LogP) is 2.82. The lowest BCUT2D eigenvalue weighted by Crippen LogP contribution is -2.48. The van der Waals surface area contributed by atoms with Crippen LogP contribution in [-0.4, -0.2) is 23.0 Å². The minimum atomic E-state index is -0.752. The number of carboxylic acid groups (broad SMARTS) is 1. The largest absolute Gasteiger partial charge is 0.481 e. The summed E-state index contributed by atoms with van der Waals surface area (Å²) in [5, 5.41) is 12.3. The second-order valence-corrected chi connectivity index (χ2v) is 8.22. The first-order valence-electron chi connectivity index (χ1n) is 8.29. The Kier molecular flexibility index (Phi) is 3.34. The highest BCUT2D eigenvalue weighted by Gasteiger charge is 2.61. The number of amides is 1. The van der Waals surface area contributed by atoms with Crippen LogP contribution in [0.3, 0.4) is 0 Å². The zero-order chi connectivity index (χ0) is 15.4. The maximum absolute atomic E-state index is 12.5. The Morgan fingerprint density at radius 1 is 1.05 bits per heavy atom. The summed E-state index contributed by atoms with van der Waals surface area (Å²) in [4.78, 5) is 23.5. The van der Waals surface area contributed by atoms with E-state index in [0.29, 0.717) is 24.2 Å². The van der Waals surface area contributed by atoms with Crippen LogP contribution in [0.2, 0.25) is 0 Å². The van der Waals surface area contributed by atoms with Crippen LogP contribution < -0.4 is 5.32 Å². The second kappa shape index (κ2) is 4.72. The third-order valence-corrected chi connectivity index (χ3v) is 7.26. The van der Waals surface area contributed by atoms with Crippen LogP contribution in [-0.2, 0) is 9.59 Å². The van der Waals surface area contributed by atoms with Crippen molar-refractivity contribution in [3.8, 4) is 0 Å². The average molecular weight is 293 g/mol. The molecule has 118 valence electrons. The van der Waals surface area contributed by atoms with Crippen molar-refractivity contribution in [3.05, 3.63) is 0 Å². The molecule has 0 heterocycles. The van der Waals surface area contributed by atoms with Crippen LogP contribution in [0.25, 0.3) is 0 Å². The van der Waals surface area contributed by atoms with Gasteiger partial charge >= 0.3 is 5.97 Å². The van der Waals surface area contributed by atoms with Crippen molar-refractivity contribution < 1.29 is 14.7 Å². The molecule has 3 saturated carbocycles. The molecule has 4 nitrogen and oxygen atoms in total. The molecule has 0 spiro atoms. The average Bonchev–Trinajstić information content (AvgIpc) is 3.02. The van der Waals surface area contributed by atoms with E-state index < -0.39 is 5.97 Å². The highest BCUT2D eigenvalue weighted by atomic mass is 16.4. The van der Waals surface area contributed by atoms with Crippen molar-refractivity contribution in [2.75, 3.05) is 0 Å². The molecule has 21 heavy (non-hydrogen) atoms. The van der Waals surface area contributed by atoms with E-state index in [2.05, 4.69) is 26.1 Å². The lowest BCUT2D eigenvalue weighted by atomic mass is 9.69. The normalized spacial score (nSPS) is 44.0. The lowest BCUT2D eigenvalue weighted by Gasteiger charge is -2.39. The minimum Gasteiger partial charge on any atom is -0.481 e. The van der Waals surface area contributed by atoms with Gasteiger partial charge in [-0.05, 0) is 55.3 Å². The van der Waals surface area contributed by atoms with Crippen LogP contribution in [0.15, 0.2) is 0 Å². The molecule has 1 amide bonds. The summed E-state index contributed by atoms with van der Waals surface area (Å²) >= 11 is 0. The fraction of sp³-hybridized carbons (Fsp3) is 0.882. The number of nitrogens with one attached hydrogen (secondary N) is 1. The molecule has 0 aromatic rings. The number of hydrogen-bond acceptors (Lipinski definition) is 2. The summed E-state index contributed by atoms with van der Waals surface area (Å²) in [6, 6.07) is 0.266. The Hall–Kier alpha value is -1.06. The molecule has 5 atom stereocenters. The second-order valence-electron chi connectivity index (χ2n) is 8.22. The van der Waals surface area contributed by atoms with Gasteiger partial charge in [-0.25, -0.2) is 0 Å². The summed E-state index contributed by atoms with van der Waals surface area (Å²) < 4.78 is 0. The van der Waals surface area contributed by atoms with E-state index in [0.717, 1.165) is 12.8 Å². The maximum Gasteiger partial charge on any atom is 0.306 e. The molecular formula is C17H27NO3. The summed E-state index contributed by atoms with van der Waals surface area (Å²) in [5.74, 6) is -0.375. The van der Waals surface area contributed by atoms with E-state index in [1.54, 1.807) is 0 Å². The fourth-order valence-electron chi connectivity index (χ4n) is 5.16. The van der Waals surface area contributed by atoms with E-state index in [1.807, 2.05) is 0 Å². The van der Waals surface area contributed by atoms with Crippen LogP contribution in [0.4, 0.5) is 0 Å². The number of rotatable bonds is 3. The van der Waals surface area contributed by atoms with Crippen LogP contribution in [0, 0.1) is 28.6 Å².